The number of halogens is 1. The number of guanidine groups is 1. The zero-order valence-corrected chi connectivity index (χ0v) is 12.2. The Morgan fingerprint density at radius 2 is 2.00 bits per heavy atom. The van der Waals surface area contributed by atoms with Crippen LogP contribution in [0.15, 0.2) is 4.99 Å². The summed E-state index contributed by atoms with van der Waals surface area (Å²) in [6.07, 6.45) is 2.21. The lowest BCUT2D eigenvalue weighted by Crippen LogP contribution is -2.38. The van der Waals surface area contributed by atoms with Crippen LogP contribution in [0.1, 0.15) is 26.7 Å². The first-order valence-electron chi connectivity index (χ1n) is 5.44. The van der Waals surface area contributed by atoms with E-state index in [0.717, 1.165) is 25.9 Å². The van der Waals surface area contributed by atoms with E-state index < -0.39 is 0 Å². The molecule has 3 N–H and O–H groups in total. The van der Waals surface area contributed by atoms with Crippen LogP contribution < -0.4 is 11.1 Å². The lowest BCUT2D eigenvalue weighted by molar-refractivity contribution is -0.128. The first-order valence-corrected chi connectivity index (χ1v) is 5.44. The van der Waals surface area contributed by atoms with Crippen molar-refractivity contribution in [1.29, 1.82) is 0 Å². The lowest BCUT2D eigenvalue weighted by Gasteiger charge is -2.14. The third-order valence-corrected chi connectivity index (χ3v) is 2.28. The number of aliphatic imine (C=N–C) groups is 1. The maximum absolute atomic E-state index is 11.6. The maximum atomic E-state index is 11.6. The highest BCUT2D eigenvalue weighted by molar-refractivity contribution is 14.0. The molecule has 0 atom stereocenters. The number of hydrogen-bond donors (Lipinski definition) is 2. The van der Waals surface area contributed by atoms with E-state index in [-0.39, 0.29) is 42.5 Å². The van der Waals surface area contributed by atoms with E-state index in [0.29, 0.717) is 5.96 Å². The van der Waals surface area contributed by atoms with E-state index in [9.17, 15) is 4.79 Å². The number of nitrogens with one attached hydrogen (secondary N) is 1. The minimum Gasteiger partial charge on any atom is -0.370 e. The van der Waals surface area contributed by atoms with Gasteiger partial charge in [0.25, 0.3) is 0 Å². The molecule has 94 valence electrons. The fraction of sp³-hybridized carbons (Fsp3) is 0.800. The topological polar surface area (TPSA) is 70.7 Å². The summed E-state index contributed by atoms with van der Waals surface area (Å²) < 4.78 is 0. The van der Waals surface area contributed by atoms with Crippen molar-refractivity contribution in [2.75, 3.05) is 19.6 Å². The standard InChI is InChI=1S/C10H20N4O.HI/c1-8(2)13-10(11)12-7-9(15)14-5-3-4-6-14;/h8H,3-7H2,1-2H3,(H3,11,12,13);1H. The Labute approximate surface area is 114 Å². The average Bonchev–Trinajstić information content (AvgIpc) is 2.65. The molecule has 0 spiro atoms. The van der Waals surface area contributed by atoms with Crippen molar-refractivity contribution >= 4 is 35.8 Å². The van der Waals surface area contributed by atoms with Crippen molar-refractivity contribution < 1.29 is 4.79 Å². The summed E-state index contributed by atoms with van der Waals surface area (Å²) in [7, 11) is 0. The number of amides is 1. The van der Waals surface area contributed by atoms with Gasteiger partial charge in [-0.2, -0.15) is 0 Å². The number of carbonyl (C=O) groups excluding carboxylic acids is 1. The fourth-order valence-electron chi connectivity index (χ4n) is 1.56. The molecule has 1 saturated heterocycles. The van der Waals surface area contributed by atoms with E-state index in [1.165, 1.54) is 0 Å². The molecule has 1 rings (SSSR count). The summed E-state index contributed by atoms with van der Waals surface area (Å²) in [4.78, 5) is 17.4. The van der Waals surface area contributed by atoms with Gasteiger partial charge in [0, 0.05) is 19.1 Å². The van der Waals surface area contributed by atoms with Crippen LogP contribution in [0.5, 0.6) is 0 Å². The molecule has 1 fully saturated rings. The van der Waals surface area contributed by atoms with Crippen molar-refractivity contribution in [2.45, 2.75) is 32.7 Å². The van der Waals surface area contributed by atoms with Gasteiger partial charge in [0.15, 0.2) is 5.96 Å². The van der Waals surface area contributed by atoms with Crippen LogP contribution in [0.25, 0.3) is 0 Å². The monoisotopic (exact) mass is 340 g/mol. The fourth-order valence-corrected chi connectivity index (χ4v) is 1.56. The molecule has 0 aromatic rings. The highest BCUT2D eigenvalue weighted by Gasteiger charge is 2.16. The summed E-state index contributed by atoms with van der Waals surface area (Å²) in [5, 5.41) is 2.95. The molecule has 0 aromatic carbocycles. The van der Waals surface area contributed by atoms with Gasteiger partial charge < -0.3 is 16.0 Å². The van der Waals surface area contributed by atoms with Crippen molar-refractivity contribution in [3.8, 4) is 0 Å². The van der Waals surface area contributed by atoms with Crippen LogP contribution >= 0.6 is 24.0 Å². The molecule has 0 bridgehead atoms. The van der Waals surface area contributed by atoms with E-state index in [1.54, 1.807) is 0 Å². The summed E-state index contributed by atoms with van der Waals surface area (Å²) in [5.41, 5.74) is 5.59. The highest BCUT2D eigenvalue weighted by Crippen LogP contribution is 2.07. The summed E-state index contributed by atoms with van der Waals surface area (Å²) >= 11 is 0. The van der Waals surface area contributed by atoms with Gasteiger partial charge in [0.1, 0.15) is 6.54 Å². The van der Waals surface area contributed by atoms with Gasteiger partial charge in [0.2, 0.25) is 5.91 Å². The predicted molar refractivity (Wildman–Crippen MR) is 76.0 cm³/mol. The summed E-state index contributed by atoms with van der Waals surface area (Å²) in [6.45, 7) is 5.85. The smallest absolute Gasteiger partial charge is 0.244 e. The molecule has 0 aliphatic carbocycles. The molecule has 1 amide bonds. The molecule has 1 heterocycles. The number of nitrogens with two attached hydrogens (primary N) is 1. The number of nitrogens with zero attached hydrogens (tertiary/aromatic N) is 2. The zero-order chi connectivity index (χ0) is 11.3. The third-order valence-electron chi connectivity index (χ3n) is 2.28. The molecule has 16 heavy (non-hydrogen) atoms. The van der Waals surface area contributed by atoms with Gasteiger partial charge in [-0.15, -0.1) is 24.0 Å². The average molecular weight is 340 g/mol. The van der Waals surface area contributed by atoms with Crippen LogP contribution in [0.3, 0.4) is 0 Å². The largest absolute Gasteiger partial charge is 0.370 e. The first-order chi connectivity index (χ1) is 7.09. The Hall–Kier alpha value is -0.530. The highest BCUT2D eigenvalue weighted by atomic mass is 127. The van der Waals surface area contributed by atoms with E-state index in [2.05, 4.69) is 10.3 Å². The number of hydrogen-bond acceptors (Lipinski definition) is 2. The Bertz CT molecular complexity index is 249. The van der Waals surface area contributed by atoms with Crippen molar-refractivity contribution in [1.82, 2.24) is 10.2 Å². The predicted octanol–water partition coefficient (Wildman–Crippen LogP) is 0.539. The van der Waals surface area contributed by atoms with Crippen LogP contribution in [0, 0.1) is 0 Å². The quantitative estimate of drug-likeness (QED) is 0.448. The third kappa shape index (κ3) is 5.53. The summed E-state index contributed by atoms with van der Waals surface area (Å²) in [5.74, 6) is 0.415. The first kappa shape index (κ1) is 15.5. The van der Waals surface area contributed by atoms with E-state index in [4.69, 9.17) is 5.73 Å². The second-order valence-corrected chi connectivity index (χ2v) is 4.09. The molecule has 0 unspecified atom stereocenters. The Balaban J connectivity index is 0.00000225. The zero-order valence-electron chi connectivity index (χ0n) is 9.90. The van der Waals surface area contributed by atoms with Gasteiger partial charge in [-0.25, -0.2) is 4.99 Å². The van der Waals surface area contributed by atoms with Crippen molar-refractivity contribution in [3.05, 3.63) is 0 Å². The number of likely N-dealkylation sites (tertiary alicyclic amines) is 1. The molecule has 0 radical (unpaired) electrons. The van der Waals surface area contributed by atoms with E-state index in [1.807, 2.05) is 18.7 Å². The van der Waals surface area contributed by atoms with Crippen molar-refractivity contribution in [2.24, 2.45) is 10.7 Å². The molecular weight excluding hydrogens is 319 g/mol. The van der Waals surface area contributed by atoms with Crippen LogP contribution in [-0.4, -0.2) is 42.4 Å². The number of rotatable bonds is 3. The second-order valence-electron chi connectivity index (χ2n) is 4.09. The van der Waals surface area contributed by atoms with Gasteiger partial charge >= 0.3 is 0 Å². The number of carbonyl (C=O) groups is 1. The van der Waals surface area contributed by atoms with Gasteiger partial charge in [-0.1, -0.05) is 0 Å². The van der Waals surface area contributed by atoms with Crippen molar-refractivity contribution in [3.63, 3.8) is 0 Å². The normalized spacial score (nSPS) is 16.2. The maximum Gasteiger partial charge on any atom is 0.244 e. The Morgan fingerprint density at radius 1 is 1.44 bits per heavy atom. The van der Waals surface area contributed by atoms with Crippen LogP contribution in [0.2, 0.25) is 0 Å². The van der Waals surface area contributed by atoms with Gasteiger partial charge in [-0.05, 0) is 26.7 Å². The van der Waals surface area contributed by atoms with Crippen LogP contribution in [-0.2, 0) is 4.79 Å². The van der Waals surface area contributed by atoms with Gasteiger partial charge in [-0.3, -0.25) is 4.79 Å². The molecule has 0 aromatic heterocycles. The molecule has 0 saturated carbocycles. The summed E-state index contributed by atoms with van der Waals surface area (Å²) in [6, 6.07) is 0.246. The van der Waals surface area contributed by atoms with Gasteiger partial charge in [0.05, 0.1) is 0 Å². The second kappa shape index (κ2) is 7.70. The molecule has 6 heteroatoms. The lowest BCUT2D eigenvalue weighted by atomic mass is 10.4. The Kier molecular flexibility index (Phi) is 7.44. The molecule has 5 nitrogen and oxygen atoms in total. The minimum absolute atomic E-state index is 0. The van der Waals surface area contributed by atoms with E-state index >= 15 is 0 Å². The SMILES string of the molecule is CC(C)NC(N)=NCC(=O)N1CCCC1.I. The molecule has 1 aliphatic rings. The molecule has 1 aliphatic heterocycles. The molecular formula is C10H21IN4O. The minimum atomic E-state index is 0. The Morgan fingerprint density at radius 3 is 2.50 bits per heavy atom. The van der Waals surface area contributed by atoms with Crippen LogP contribution in [0.4, 0.5) is 0 Å².